The minimum atomic E-state index is 1.15. The Labute approximate surface area is 82.1 Å². The molecule has 1 heterocycles. The summed E-state index contributed by atoms with van der Waals surface area (Å²) in [7, 11) is 0. The second-order valence-corrected chi connectivity index (χ2v) is 3.70. The van der Waals surface area contributed by atoms with E-state index in [2.05, 4.69) is 23.6 Å². The Hall–Kier alpha value is -0.560. The van der Waals surface area contributed by atoms with Crippen molar-refractivity contribution in [1.29, 1.82) is 0 Å². The molecule has 1 aliphatic heterocycles. The van der Waals surface area contributed by atoms with Gasteiger partial charge in [0.15, 0.2) is 0 Å². The van der Waals surface area contributed by atoms with E-state index >= 15 is 0 Å². The van der Waals surface area contributed by atoms with E-state index in [1.165, 1.54) is 38.8 Å². The molecule has 1 fully saturated rings. The van der Waals surface area contributed by atoms with Crippen LogP contribution in [0.5, 0.6) is 0 Å². The molecule has 0 saturated carbocycles. The number of unbranched alkanes of at least 4 members (excludes halogenated alkanes) is 2. The van der Waals surface area contributed by atoms with Crippen LogP contribution in [0.15, 0.2) is 24.8 Å². The first-order chi connectivity index (χ1) is 6.43. The van der Waals surface area contributed by atoms with Gasteiger partial charge in [-0.1, -0.05) is 18.2 Å². The number of hydrogen-bond donors (Lipinski definition) is 0. The molecule has 0 atom stereocenters. The van der Waals surface area contributed by atoms with Crippen LogP contribution in [0.25, 0.3) is 0 Å². The third kappa shape index (κ3) is 4.89. The van der Waals surface area contributed by atoms with Gasteiger partial charge in [0.05, 0.1) is 0 Å². The first-order valence-corrected chi connectivity index (χ1v) is 5.42. The van der Waals surface area contributed by atoms with Gasteiger partial charge in [0.2, 0.25) is 0 Å². The van der Waals surface area contributed by atoms with E-state index in [1.807, 2.05) is 6.08 Å². The van der Waals surface area contributed by atoms with E-state index in [4.69, 9.17) is 0 Å². The Kier molecular flexibility index (Phi) is 5.59. The third-order valence-corrected chi connectivity index (χ3v) is 2.51. The van der Waals surface area contributed by atoms with Crippen LogP contribution in [-0.2, 0) is 0 Å². The van der Waals surface area contributed by atoms with Crippen molar-refractivity contribution in [3.05, 3.63) is 24.8 Å². The second-order valence-electron chi connectivity index (χ2n) is 3.70. The molecule has 1 rings (SSSR count). The highest BCUT2D eigenvalue weighted by Gasteiger charge is 2.08. The molecule has 0 N–H and O–H groups in total. The van der Waals surface area contributed by atoms with Gasteiger partial charge in [-0.2, -0.15) is 0 Å². The predicted molar refractivity (Wildman–Crippen MR) is 58.9 cm³/mol. The van der Waals surface area contributed by atoms with Gasteiger partial charge < -0.3 is 0 Å². The second kappa shape index (κ2) is 6.90. The predicted octanol–water partition coefficient (Wildman–Crippen LogP) is 2.99. The summed E-state index contributed by atoms with van der Waals surface area (Å²) in [6.07, 6.45) is 13.0. The fourth-order valence-corrected chi connectivity index (χ4v) is 1.69. The largest absolute Gasteiger partial charge is 0.300 e. The van der Waals surface area contributed by atoms with Crippen molar-refractivity contribution < 1.29 is 0 Å². The minimum Gasteiger partial charge on any atom is -0.300 e. The Balaban J connectivity index is 1.94. The van der Waals surface area contributed by atoms with Crippen LogP contribution >= 0.6 is 0 Å². The average Bonchev–Trinajstić information content (AvgIpc) is 2.63. The van der Waals surface area contributed by atoms with Gasteiger partial charge in [-0.15, -0.1) is 6.58 Å². The van der Waals surface area contributed by atoms with Crippen LogP contribution in [-0.4, -0.2) is 24.5 Å². The standard InChI is InChI=1S/C12H21N/c1-2-3-4-5-6-7-10-13-11-8-9-12-13/h2,6-7H,1,3-5,8-12H2/b7-6+. The number of likely N-dealkylation sites (tertiary alicyclic amines) is 1. The molecule has 13 heavy (non-hydrogen) atoms. The first kappa shape index (κ1) is 10.5. The van der Waals surface area contributed by atoms with Gasteiger partial charge in [0.25, 0.3) is 0 Å². The normalized spacial score (nSPS) is 18.5. The minimum absolute atomic E-state index is 1.15. The van der Waals surface area contributed by atoms with E-state index in [1.54, 1.807) is 0 Å². The molecule has 1 nitrogen and oxygen atoms in total. The van der Waals surface area contributed by atoms with Gasteiger partial charge in [0.1, 0.15) is 0 Å². The molecule has 0 radical (unpaired) electrons. The van der Waals surface area contributed by atoms with E-state index < -0.39 is 0 Å². The van der Waals surface area contributed by atoms with Crippen molar-refractivity contribution >= 4 is 0 Å². The summed E-state index contributed by atoms with van der Waals surface area (Å²) in [6.45, 7) is 7.48. The number of allylic oxidation sites excluding steroid dienone is 2. The van der Waals surface area contributed by atoms with Crippen LogP contribution in [0, 0.1) is 0 Å². The lowest BCUT2D eigenvalue weighted by Gasteiger charge is -2.10. The van der Waals surface area contributed by atoms with Gasteiger partial charge >= 0.3 is 0 Å². The molecular formula is C12H21N. The Morgan fingerprint density at radius 2 is 1.85 bits per heavy atom. The lowest BCUT2D eigenvalue weighted by molar-refractivity contribution is 0.377. The van der Waals surface area contributed by atoms with E-state index in [0.29, 0.717) is 0 Å². The fourth-order valence-electron chi connectivity index (χ4n) is 1.69. The van der Waals surface area contributed by atoms with E-state index in [0.717, 1.165) is 13.0 Å². The van der Waals surface area contributed by atoms with Crippen molar-refractivity contribution in [3.63, 3.8) is 0 Å². The van der Waals surface area contributed by atoms with Crippen LogP contribution < -0.4 is 0 Å². The van der Waals surface area contributed by atoms with Crippen LogP contribution in [0.2, 0.25) is 0 Å². The van der Waals surface area contributed by atoms with Gasteiger partial charge in [-0.25, -0.2) is 0 Å². The molecule has 1 heteroatoms. The lowest BCUT2D eigenvalue weighted by atomic mass is 10.2. The molecule has 0 bridgehead atoms. The number of nitrogens with zero attached hydrogens (tertiary/aromatic N) is 1. The smallest absolute Gasteiger partial charge is 0.0163 e. The summed E-state index contributed by atoms with van der Waals surface area (Å²) in [5.41, 5.74) is 0. The highest BCUT2D eigenvalue weighted by molar-refractivity contribution is 4.86. The Morgan fingerprint density at radius 1 is 1.08 bits per heavy atom. The zero-order valence-corrected chi connectivity index (χ0v) is 8.54. The van der Waals surface area contributed by atoms with Gasteiger partial charge in [-0.3, -0.25) is 4.90 Å². The van der Waals surface area contributed by atoms with Gasteiger partial charge in [-0.05, 0) is 45.2 Å². The fraction of sp³-hybridized carbons (Fsp3) is 0.667. The van der Waals surface area contributed by atoms with Crippen molar-refractivity contribution in [2.24, 2.45) is 0 Å². The van der Waals surface area contributed by atoms with E-state index in [9.17, 15) is 0 Å². The summed E-state index contributed by atoms with van der Waals surface area (Å²) in [4.78, 5) is 2.52. The zero-order valence-electron chi connectivity index (χ0n) is 8.54. The molecule has 0 spiro atoms. The summed E-state index contributed by atoms with van der Waals surface area (Å²) in [6, 6.07) is 0. The molecule has 0 aromatic rings. The van der Waals surface area contributed by atoms with Crippen LogP contribution in [0.1, 0.15) is 32.1 Å². The number of hydrogen-bond acceptors (Lipinski definition) is 1. The summed E-state index contributed by atoms with van der Waals surface area (Å²) in [5.74, 6) is 0. The zero-order chi connectivity index (χ0) is 9.36. The summed E-state index contributed by atoms with van der Waals surface area (Å²) < 4.78 is 0. The maximum atomic E-state index is 3.71. The summed E-state index contributed by atoms with van der Waals surface area (Å²) in [5, 5.41) is 0. The molecule has 0 aromatic heterocycles. The van der Waals surface area contributed by atoms with Crippen molar-refractivity contribution in [3.8, 4) is 0 Å². The summed E-state index contributed by atoms with van der Waals surface area (Å²) >= 11 is 0. The molecule has 0 unspecified atom stereocenters. The number of rotatable bonds is 6. The molecule has 1 aliphatic rings. The highest BCUT2D eigenvalue weighted by atomic mass is 15.1. The monoisotopic (exact) mass is 179 g/mol. The van der Waals surface area contributed by atoms with Crippen molar-refractivity contribution in [2.75, 3.05) is 19.6 Å². The molecule has 0 aliphatic carbocycles. The maximum absolute atomic E-state index is 3.71. The van der Waals surface area contributed by atoms with Crippen LogP contribution in [0.4, 0.5) is 0 Å². The Bertz CT molecular complexity index is 155. The first-order valence-electron chi connectivity index (χ1n) is 5.42. The van der Waals surface area contributed by atoms with Crippen molar-refractivity contribution in [2.45, 2.75) is 32.1 Å². The molecule has 0 aromatic carbocycles. The SMILES string of the molecule is C=CCCC/C=C/CN1CCCC1. The topological polar surface area (TPSA) is 3.24 Å². The maximum Gasteiger partial charge on any atom is 0.0163 e. The lowest BCUT2D eigenvalue weighted by Crippen LogP contribution is -2.18. The molecule has 0 amide bonds. The molecular weight excluding hydrogens is 158 g/mol. The molecule has 1 saturated heterocycles. The average molecular weight is 179 g/mol. The van der Waals surface area contributed by atoms with Crippen LogP contribution in [0.3, 0.4) is 0 Å². The third-order valence-electron chi connectivity index (χ3n) is 2.51. The quantitative estimate of drug-likeness (QED) is 0.447. The van der Waals surface area contributed by atoms with Crippen molar-refractivity contribution in [1.82, 2.24) is 4.90 Å². The highest BCUT2D eigenvalue weighted by Crippen LogP contribution is 2.06. The molecule has 74 valence electrons. The van der Waals surface area contributed by atoms with E-state index in [-0.39, 0.29) is 0 Å². The Morgan fingerprint density at radius 3 is 2.54 bits per heavy atom. The van der Waals surface area contributed by atoms with Gasteiger partial charge in [0, 0.05) is 6.54 Å².